The first-order valence-electron chi connectivity index (χ1n) is 6.51. The van der Waals surface area contributed by atoms with Gasteiger partial charge in [-0.15, -0.1) is 0 Å². The highest BCUT2D eigenvalue weighted by Gasteiger charge is 2.28. The molecule has 19 heavy (non-hydrogen) atoms. The van der Waals surface area contributed by atoms with E-state index in [4.69, 9.17) is 4.52 Å². The van der Waals surface area contributed by atoms with Crippen LogP contribution in [0.4, 0.5) is 0 Å². The SMILES string of the molecule is CN1CCSCC1c1noc(CC(=O)C(C)(C)C)n1. The summed E-state index contributed by atoms with van der Waals surface area (Å²) < 4.78 is 5.21. The highest BCUT2D eigenvalue weighted by Crippen LogP contribution is 2.26. The number of hydrogen-bond acceptors (Lipinski definition) is 6. The zero-order valence-electron chi connectivity index (χ0n) is 12.0. The number of nitrogens with zero attached hydrogens (tertiary/aromatic N) is 3. The summed E-state index contributed by atoms with van der Waals surface area (Å²) in [6.45, 7) is 6.73. The van der Waals surface area contributed by atoms with Crippen LogP contribution in [0.1, 0.15) is 38.5 Å². The molecule has 0 saturated carbocycles. The van der Waals surface area contributed by atoms with E-state index in [1.165, 1.54) is 0 Å². The number of rotatable bonds is 3. The monoisotopic (exact) mass is 283 g/mol. The molecule has 0 radical (unpaired) electrons. The Morgan fingerprint density at radius 3 is 2.89 bits per heavy atom. The van der Waals surface area contributed by atoms with Gasteiger partial charge in [0.25, 0.3) is 0 Å². The molecule has 1 aliphatic rings. The fraction of sp³-hybridized carbons (Fsp3) is 0.769. The lowest BCUT2D eigenvalue weighted by Crippen LogP contribution is -2.33. The maximum absolute atomic E-state index is 11.9. The van der Waals surface area contributed by atoms with Crippen LogP contribution < -0.4 is 0 Å². The zero-order chi connectivity index (χ0) is 14.0. The Labute approximate surface area is 118 Å². The molecule has 1 aromatic rings. The lowest BCUT2D eigenvalue weighted by atomic mass is 9.89. The van der Waals surface area contributed by atoms with Crippen molar-refractivity contribution < 1.29 is 9.32 Å². The van der Waals surface area contributed by atoms with Crippen LogP contribution in [0.25, 0.3) is 0 Å². The average molecular weight is 283 g/mol. The number of Topliss-reactive ketones (excluding diaryl/α,β-unsaturated/α-hetero) is 1. The van der Waals surface area contributed by atoms with Crippen molar-refractivity contribution in [3.05, 3.63) is 11.7 Å². The molecule has 0 aliphatic carbocycles. The number of aromatic nitrogens is 2. The molecular formula is C13H21N3O2S. The molecule has 0 spiro atoms. The Balaban J connectivity index is 2.04. The summed E-state index contributed by atoms with van der Waals surface area (Å²) in [6, 6.07) is 0.195. The summed E-state index contributed by atoms with van der Waals surface area (Å²) in [7, 11) is 2.07. The molecule has 106 valence electrons. The van der Waals surface area contributed by atoms with Crippen molar-refractivity contribution >= 4 is 17.5 Å². The predicted octanol–water partition coefficient (Wildman–Crippen LogP) is 1.95. The maximum Gasteiger partial charge on any atom is 0.234 e. The Morgan fingerprint density at radius 2 is 2.26 bits per heavy atom. The van der Waals surface area contributed by atoms with E-state index in [0.717, 1.165) is 18.1 Å². The molecule has 0 bridgehead atoms. The second kappa shape index (κ2) is 5.63. The van der Waals surface area contributed by atoms with Gasteiger partial charge in [-0.05, 0) is 7.05 Å². The van der Waals surface area contributed by atoms with E-state index in [-0.39, 0.29) is 23.7 Å². The molecule has 0 N–H and O–H groups in total. The molecule has 5 nitrogen and oxygen atoms in total. The quantitative estimate of drug-likeness (QED) is 0.845. The van der Waals surface area contributed by atoms with E-state index < -0.39 is 0 Å². The molecule has 2 rings (SSSR count). The number of thioether (sulfide) groups is 1. The van der Waals surface area contributed by atoms with Crippen molar-refractivity contribution in [2.75, 3.05) is 25.1 Å². The number of hydrogen-bond donors (Lipinski definition) is 0. The minimum Gasteiger partial charge on any atom is -0.339 e. The Morgan fingerprint density at radius 1 is 1.53 bits per heavy atom. The van der Waals surface area contributed by atoms with Crippen molar-refractivity contribution in [3.8, 4) is 0 Å². The Hall–Kier alpha value is -0.880. The van der Waals surface area contributed by atoms with Crippen molar-refractivity contribution in [2.45, 2.75) is 33.2 Å². The van der Waals surface area contributed by atoms with Gasteiger partial charge in [0, 0.05) is 23.5 Å². The fourth-order valence-electron chi connectivity index (χ4n) is 1.84. The molecule has 1 aliphatic heterocycles. The predicted molar refractivity (Wildman–Crippen MR) is 75.2 cm³/mol. The smallest absolute Gasteiger partial charge is 0.234 e. The van der Waals surface area contributed by atoms with Crippen LogP contribution in [0.2, 0.25) is 0 Å². The highest BCUT2D eigenvalue weighted by atomic mass is 32.2. The molecule has 1 aromatic heterocycles. The average Bonchev–Trinajstić information content (AvgIpc) is 2.76. The van der Waals surface area contributed by atoms with Crippen LogP contribution in [-0.4, -0.2) is 45.9 Å². The van der Waals surface area contributed by atoms with Gasteiger partial charge in [0.1, 0.15) is 5.78 Å². The fourth-order valence-corrected chi connectivity index (χ4v) is 3.05. The summed E-state index contributed by atoms with van der Waals surface area (Å²) in [5.41, 5.74) is -0.369. The van der Waals surface area contributed by atoms with Crippen molar-refractivity contribution in [2.24, 2.45) is 5.41 Å². The van der Waals surface area contributed by atoms with Crippen LogP contribution in [0.5, 0.6) is 0 Å². The number of ketones is 1. The van der Waals surface area contributed by atoms with Gasteiger partial charge in [0.05, 0.1) is 12.5 Å². The maximum atomic E-state index is 11.9. The summed E-state index contributed by atoms with van der Waals surface area (Å²) in [5.74, 6) is 3.36. The first-order chi connectivity index (χ1) is 8.88. The van der Waals surface area contributed by atoms with Crippen LogP contribution in [0, 0.1) is 5.41 Å². The lowest BCUT2D eigenvalue weighted by molar-refractivity contribution is -0.125. The third kappa shape index (κ3) is 3.57. The summed E-state index contributed by atoms with van der Waals surface area (Å²) >= 11 is 1.90. The van der Waals surface area contributed by atoms with Crippen LogP contribution in [-0.2, 0) is 11.2 Å². The molecule has 2 heterocycles. The van der Waals surface area contributed by atoms with Gasteiger partial charge >= 0.3 is 0 Å². The number of carbonyl (C=O) groups is 1. The molecule has 6 heteroatoms. The van der Waals surface area contributed by atoms with Crippen LogP contribution in [0.15, 0.2) is 4.52 Å². The van der Waals surface area contributed by atoms with E-state index in [2.05, 4.69) is 22.1 Å². The minimum absolute atomic E-state index is 0.120. The van der Waals surface area contributed by atoms with E-state index in [1.807, 2.05) is 32.5 Å². The molecule has 1 saturated heterocycles. The van der Waals surface area contributed by atoms with Gasteiger partial charge in [0.2, 0.25) is 5.89 Å². The zero-order valence-corrected chi connectivity index (χ0v) is 12.8. The second-order valence-corrected chi connectivity index (χ2v) is 7.12. The Kier molecular flexibility index (Phi) is 4.30. The third-order valence-corrected chi connectivity index (χ3v) is 4.35. The van der Waals surface area contributed by atoms with E-state index in [0.29, 0.717) is 11.7 Å². The van der Waals surface area contributed by atoms with Gasteiger partial charge in [-0.3, -0.25) is 9.69 Å². The molecule has 0 amide bonds. The van der Waals surface area contributed by atoms with Gasteiger partial charge in [0.15, 0.2) is 5.82 Å². The molecule has 1 unspecified atom stereocenters. The molecule has 1 atom stereocenters. The lowest BCUT2D eigenvalue weighted by Gasteiger charge is -2.29. The summed E-state index contributed by atoms with van der Waals surface area (Å²) in [5, 5.41) is 4.03. The van der Waals surface area contributed by atoms with Gasteiger partial charge in [-0.2, -0.15) is 16.7 Å². The number of carbonyl (C=O) groups excluding carboxylic acids is 1. The normalized spacial score (nSPS) is 21.6. The van der Waals surface area contributed by atoms with Crippen LogP contribution in [0.3, 0.4) is 0 Å². The standard InChI is InChI=1S/C13H21N3O2S/c1-13(2,3)10(17)7-11-14-12(15-18-11)9-8-19-6-5-16(9)4/h9H,5-8H2,1-4H3. The van der Waals surface area contributed by atoms with E-state index in [1.54, 1.807) is 0 Å². The second-order valence-electron chi connectivity index (χ2n) is 5.97. The first-order valence-corrected chi connectivity index (χ1v) is 7.67. The van der Waals surface area contributed by atoms with Gasteiger partial charge in [-0.1, -0.05) is 25.9 Å². The highest BCUT2D eigenvalue weighted by molar-refractivity contribution is 7.99. The van der Waals surface area contributed by atoms with Crippen LogP contribution >= 0.6 is 11.8 Å². The van der Waals surface area contributed by atoms with Crippen molar-refractivity contribution in [3.63, 3.8) is 0 Å². The van der Waals surface area contributed by atoms with Gasteiger partial charge in [-0.25, -0.2) is 0 Å². The molecule has 1 fully saturated rings. The minimum atomic E-state index is -0.369. The largest absolute Gasteiger partial charge is 0.339 e. The van der Waals surface area contributed by atoms with Crippen molar-refractivity contribution in [1.29, 1.82) is 0 Å². The van der Waals surface area contributed by atoms with Crippen molar-refractivity contribution in [1.82, 2.24) is 15.0 Å². The van der Waals surface area contributed by atoms with E-state index >= 15 is 0 Å². The summed E-state index contributed by atoms with van der Waals surface area (Å²) in [4.78, 5) is 18.6. The molecular weight excluding hydrogens is 262 g/mol. The Bertz CT molecular complexity index is 453. The third-order valence-electron chi connectivity index (χ3n) is 3.33. The first kappa shape index (κ1) is 14.5. The molecule has 0 aromatic carbocycles. The summed E-state index contributed by atoms with van der Waals surface area (Å²) in [6.07, 6.45) is 0.222. The topological polar surface area (TPSA) is 59.2 Å². The van der Waals surface area contributed by atoms with Gasteiger partial charge < -0.3 is 4.52 Å². The van der Waals surface area contributed by atoms with E-state index in [9.17, 15) is 4.79 Å².